The summed E-state index contributed by atoms with van der Waals surface area (Å²) in [4.78, 5) is 11.7. The molecule has 1 heterocycles. The first-order chi connectivity index (χ1) is 8.83. The smallest absolute Gasteiger partial charge is 0.327 e. The Morgan fingerprint density at radius 2 is 2.16 bits per heavy atom. The highest BCUT2D eigenvalue weighted by Gasteiger charge is 2.33. The van der Waals surface area contributed by atoms with E-state index in [2.05, 4.69) is 0 Å². The standard InChI is InChI=1S/C11H13FN2O4S/c1-8-7-13(5-6-19(8,17)18)10-4-2-3-9(12)11(10)14(15)16/h2-4,8H,5-7H2,1H3. The maximum Gasteiger partial charge on any atom is 0.327 e. The zero-order valence-electron chi connectivity index (χ0n) is 10.2. The van der Waals surface area contributed by atoms with Crippen LogP contribution in [-0.4, -0.2) is 37.4 Å². The number of halogens is 1. The van der Waals surface area contributed by atoms with Crippen molar-refractivity contribution in [1.82, 2.24) is 0 Å². The number of nitro groups is 1. The number of sulfone groups is 1. The molecule has 1 saturated heterocycles. The van der Waals surface area contributed by atoms with Gasteiger partial charge in [0, 0.05) is 13.1 Å². The molecule has 0 aliphatic carbocycles. The Morgan fingerprint density at radius 3 is 2.74 bits per heavy atom. The molecule has 19 heavy (non-hydrogen) atoms. The molecule has 0 saturated carbocycles. The number of nitrogens with zero attached hydrogens (tertiary/aromatic N) is 2. The normalized spacial score (nSPS) is 22.2. The van der Waals surface area contributed by atoms with Crippen LogP contribution in [0.4, 0.5) is 15.8 Å². The number of rotatable bonds is 2. The van der Waals surface area contributed by atoms with Gasteiger partial charge < -0.3 is 4.90 Å². The van der Waals surface area contributed by atoms with Crippen LogP contribution in [0.1, 0.15) is 6.92 Å². The summed E-state index contributed by atoms with van der Waals surface area (Å²) in [6.07, 6.45) is 0. The van der Waals surface area contributed by atoms with Gasteiger partial charge in [-0.05, 0) is 19.1 Å². The molecule has 1 aliphatic heterocycles. The second kappa shape index (κ2) is 4.76. The first-order valence-corrected chi connectivity index (χ1v) is 7.44. The molecule has 6 nitrogen and oxygen atoms in total. The fourth-order valence-electron chi connectivity index (χ4n) is 2.11. The molecule has 104 valence electrons. The quantitative estimate of drug-likeness (QED) is 0.606. The third kappa shape index (κ3) is 2.53. The number of anilines is 1. The Bertz CT molecular complexity index is 617. The largest absolute Gasteiger partial charge is 0.364 e. The molecular weight excluding hydrogens is 275 g/mol. The van der Waals surface area contributed by atoms with E-state index in [0.717, 1.165) is 6.07 Å². The van der Waals surface area contributed by atoms with E-state index < -0.39 is 31.5 Å². The average molecular weight is 288 g/mol. The Balaban J connectivity index is 2.39. The van der Waals surface area contributed by atoms with Gasteiger partial charge in [0.1, 0.15) is 5.69 Å². The monoisotopic (exact) mass is 288 g/mol. The van der Waals surface area contributed by atoms with E-state index in [9.17, 15) is 22.9 Å². The Labute approximate surface area is 109 Å². The molecule has 0 amide bonds. The first-order valence-electron chi connectivity index (χ1n) is 5.72. The van der Waals surface area contributed by atoms with E-state index in [1.807, 2.05) is 0 Å². The fourth-order valence-corrected chi connectivity index (χ4v) is 3.40. The van der Waals surface area contributed by atoms with Gasteiger partial charge in [0.15, 0.2) is 9.84 Å². The van der Waals surface area contributed by atoms with Gasteiger partial charge in [0.25, 0.3) is 0 Å². The van der Waals surface area contributed by atoms with E-state index in [0.29, 0.717) is 0 Å². The molecule has 8 heteroatoms. The Kier molecular flexibility index (Phi) is 3.44. The zero-order valence-corrected chi connectivity index (χ0v) is 11.1. The van der Waals surface area contributed by atoms with Crippen LogP contribution >= 0.6 is 0 Å². The van der Waals surface area contributed by atoms with Crippen LogP contribution in [0.25, 0.3) is 0 Å². The predicted octanol–water partition coefficient (Wildman–Crippen LogP) is 1.36. The van der Waals surface area contributed by atoms with Crippen molar-refractivity contribution in [3.63, 3.8) is 0 Å². The molecular formula is C11H13FN2O4S. The fraction of sp³-hybridized carbons (Fsp3) is 0.455. The second-order valence-corrected chi connectivity index (χ2v) is 7.03. The molecule has 1 fully saturated rings. The summed E-state index contributed by atoms with van der Waals surface area (Å²) in [6, 6.07) is 3.84. The van der Waals surface area contributed by atoms with E-state index in [1.54, 1.807) is 11.8 Å². The van der Waals surface area contributed by atoms with Crippen LogP contribution in [0, 0.1) is 15.9 Å². The molecule has 0 spiro atoms. The third-order valence-electron chi connectivity index (χ3n) is 3.23. The van der Waals surface area contributed by atoms with Gasteiger partial charge in [0.05, 0.1) is 15.9 Å². The highest BCUT2D eigenvalue weighted by Crippen LogP contribution is 2.32. The number of para-hydroxylation sites is 1. The lowest BCUT2D eigenvalue weighted by atomic mass is 10.2. The number of nitro benzene ring substituents is 1. The molecule has 1 unspecified atom stereocenters. The summed E-state index contributed by atoms with van der Waals surface area (Å²) >= 11 is 0. The zero-order chi connectivity index (χ0) is 14.2. The molecule has 0 aromatic heterocycles. The van der Waals surface area contributed by atoms with Crippen molar-refractivity contribution in [2.45, 2.75) is 12.2 Å². The summed E-state index contributed by atoms with van der Waals surface area (Å²) in [5, 5.41) is 10.3. The van der Waals surface area contributed by atoms with Crippen molar-refractivity contribution >= 4 is 21.2 Å². The van der Waals surface area contributed by atoms with Crippen molar-refractivity contribution in [1.29, 1.82) is 0 Å². The van der Waals surface area contributed by atoms with Crippen molar-refractivity contribution in [2.75, 3.05) is 23.7 Å². The maximum absolute atomic E-state index is 13.5. The molecule has 1 aromatic carbocycles. The van der Waals surface area contributed by atoms with Crippen LogP contribution < -0.4 is 4.90 Å². The van der Waals surface area contributed by atoms with Gasteiger partial charge >= 0.3 is 5.69 Å². The molecule has 1 aromatic rings. The molecule has 0 radical (unpaired) electrons. The molecule has 1 aliphatic rings. The van der Waals surface area contributed by atoms with Crippen molar-refractivity contribution in [2.24, 2.45) is 0 Å². The Hall–Kier alpha value is -1.70. The van der Waals surface area contributed by atoms with Crippen molar-refractivity contribution < 1.29 is 17.7 Å². The summed E-state index contributed by atoms with van der Waals surface area (Å²) in [6.45, 7) is 1.82. The number of hydrogen-bond donors (Lipinski definition) is 0. The summed E-state index contributed by atoms with van der Waals surface area (Å²) in [7, 11) is -3.15. The van der Waals surface area contributed by atoms with Crippen LogP contribution in [0.2, 0.25) is 0 Å². The number of benzene rings is 1. The lowest BCUT2D eigenvalue weighted by molar-refractivity contribution is -0.386. The van der Waals surface area contributed by atoms with Crippen LogP contribution in [0.5, 0.6) is 0 Å². The summed E-state index contributed by atoms with van der Waals surface area (Å²) in [5.74, 6) is -0.995. The van der Waals surface area contributed by atoms with Crippen LogP contribution in [-0.2, 0) is 9.84 Å². The molecule has 1 atom stereocenters. The van der Waals surface area contributed by atoms with Gasteiger partial charge in [-0.3, -0.25) is 10.1 Å². The SMILES string of the molecule is CC1CN(c2cccc(F)c2[N+](=O)[O-])CCS1(=O)=O. The molecule has 0 N–H and O–H groups in total. The molecule has 0 bridgehead atoms. The van der Waals surface area contributed by atoms with Gasteiger partial charge in [-0.1, -0.05) is 6.07 Å². The third-order valence-corrected chi connectivity index (χ3v) is 5.35. The van der Waals surface area contributed by atoms with Gasteiger partial charge in [-0.15, -0.1) is 0 Å². The average Bonchev–Trinajstić information content (AvgIpc) is 2.32. The summed E-state index contributed by atoms with van der Waals surface area (Å²) in [5.41, 5.74) is -0.472. The summed E-state index contributed by atoms with van der Waals surface area (Å²) < 4.78 is 36.7. The highest BCUT2D eigenvalue weighted by atomic mass is 32.2. The minimum Gasteiger partial charge on any atom is -0.364 e. The molecule has 2 rings (SSSR count). The predicted molar refractivity (Wildman–Crippen MR) is 68.5 cm³/mol. The van der Waals surface area contributed by atoms with Gasteiger partial charge in [-0.2, -0.15) is 4.39 Å². The van der Waals surface area contributed by atoms with Gasteiger partial charge in [-0.25, -0.2) is 8.42 Å². The van der Waals surface area contributed by atoms with E-state index in [4.69, 9.17) is 0 Å². The van der Waals surface area contributed by atoms with Crippen molar-refractivity contribution in [3.8, 4) is 0 Å². The minimum absolute atomic E-state index is 0.0815. The van der Waals surface area contributed by atoms with E-state index in [1.165, 1.54) is 12.1 Å². The second-order valence-electron chi connectivity index (χ2n) is 4.49. The topological polar surface area (TPSA) is 80.5 Å². The Morgan fingerprint density at radius 1 is 1.47 bits per heavy atom. The maximum atomic E-state index is 13.5. The number of hydrogen-bond acceptors (Lipinski definition) is 5. The van der Waals surface area contributed by atoms with Crippen LogP contribution in [0.15, 0.2) is 18.2 Å². The van der Waals surface area contributed by atoms with Crippen molar-refractivity contribution in [3.05, 3.63) is 34.1 Å². The van der Waals surface area contributed by atoms with E-state index in [-0.39, 0.29) is 24.5 Å². The first kappa shape index (κ1) is 13.7. The van der Waals surface area contributed by atoms with Crippen LogP contribution in [0.3, 0.4) is 0 Å². The van der Waals surface area contributed by atoms with Gasteiger partial charge in [0.2, 0.25) is 5.82 Å². The highest BCUT2D eigenvalue weighted by molar-refractivity contribution is 7.92. The van der Waals surface area contributed by atoms with E-state index >= 15 is 0 Å². The minimum atomic E-state index is -3.15. The lowest BCUT2D eigenvalue weighted by Crippen LogP contribution is -2.45. The lowest BCUT2D eigenvalue weighted by Gasteiger charge is -2.32.